The zero-order valence-electron chi connectivity index (χ0n) is 12.1. The molecule has 0 bridgehead atoms. The highest BCUT2D eigenvalue weighted by Gasteiger charge is 2.41. The van der Waals surface area contributed by atoms with Gasteiger partial charge in [-0.15, -0.1) is 12.4 Å². The Bertz CT molecular complexity index is 498. The second-order valence-electron chi connectivity index (χ2n) is 5.68. The van der Waals surface area contributed by atoms with Crippen molar-refractivity contribution in [3.05, 3.63) is 66.0 Å². The molecular formula is C18H22ClNO. The average molecular weight is 304 g/mol. The minimum atomic E-state index is -0.955. The summed E-state index contributed by atoms with van der Waals surface area (Å²) in [5.74, 6) is 0.258. The van der Waals surface area contributed by atoms with E-state index in [1.54, 1.807) is 6.20 Å². The van der Waals surface area contributed by atoms with Crippen LogP contribution in [0.3, 0.4) is 0 Å². The fourth-order valence-corrected chi connectivity index (χ4v) is 3.39. The van der Waals surface area contributed by atoms with Crippen molar-refractivity contribution in [1.29, 1.82) is 0 Å². The van der Waals surface area contributed by atoms with Crippen molar-refractivity contribution in [2.24, 2.45) is 5.92 Å². The molecule has 3 rings (SSSR count). The lowest BCUT2D eigenvalue weighted by molar-refractivity contribution is -0.00443. The smallest absolute Gasteiger partial charge is 0.134 e. The molecule has 3 heteroatoms. The van der Waals surface area contributed by atoms with Crippen LogP contribution in [0, 0.1) is 5.92 Å². The molecular weight excluding hydrogens is 282 g/mol. The van der Waals surface area contributed by atoms with Gasteiger partial charge in [0, 0.05) is 6.20 Å². The van der Waals surface area contributed by atoms with Gasteiger partial charge < -0.3 is 5.11 Å². The first-order valence-electron chi connectivity index (χ1n) is 7.51. The number of benzene rings is 1. The van der Waals surface area contributed by atoms with Crippen LogP contribution >= 0.6 is 12.4 Å². The Morgan fingerprint density at radius 1 is 0.905 bits per heavy atom. The fraction of sp³-hybridized carbons (Fsp3) is 0.389. The van der Waals surface area contributed by atoms with Crippen LogP contribution in [-0.4, -0.2) is 10.1 Å². The SMILES string of the molecule is Cl.OC(c1ccccc1)(c1ccccn1)C1CCCCC1. The third kappa shape index (κ3) is 3.12. The number of pyridine rings is 1. The zero-order valence-corrected chi connectivity index (χ0v) is 12.9. The van der Waals surface area contributed by atoms with E-state index in [2.05, 4.69) is 4.98 Å². The van der Waals surface area contributed by atoms with E-state index in [1.807, 2.05) is 48.5 Å². The molecule has 2 nitrogen and oxygen atoms in total. The third-order valence-electron chi connectivity index (χ3n) is 4.47. The van der Waals surface area contributed by atoms with Gasteiger partial charge in [0.1, 0.15) is 5.60 Å². The molecule has 0 spiro atoms. The quantitative estimate of drug-likeness (QED) is 0.916. The van der Waals surface area contributed by atoms with Crippen LogP contribution in [0.15, 0.2) is 54.7 Å². The van der Waals surface area contributed by atoms with E-state index >= 15 is 0 Å². The predicted molar refractivity (Wildman–Crippen MR) is 87.5 cm³/mol. The Morgan fingerprint density at radius 3 is 2.19 bits per heavy atom. The van der Waals surface area contributed by atoms with E-state index in [4.69, 9.17) is 0 Å². The van der Waals surface area contributed by atoms with Gasteiger partial charge in [-0.3, -0.25) is 4.98 Å². The summed E-state index contributed by atoms with van der Waals surface area (Å²) in [5.41, 5.74) is 0.784. The number of rotatable bonds is 3. The lowest BCUT2D eigenvalue weighted by Crippen LogP contribution is -2.38. The zero-order chi connectivity index (χ0) is 13.8. The molecule has 1 saturated carbocycles. The van der Waals surface area contributed by atoms with E-state index in [9.17, 15) is 5.11 Å². The molecule has 1 unspecified atom stereocenters. The van der Waals surface area contributed by atoms with Gasteiger partial charge in [0.05, 0.1) is 5.69 Å². The van der Waals surface area contributed by atoms with Crippen LogP contribution < -0.4 is 0 Å². The molecule has 1 N–H and O–H groups in total. The number of hydrogen-bond acceptors (Lipinski definition) is 2. The largest absolute Gasteiger partial charge is 0.378 e. The fourth-order valence-electron chi connectivity index (χ4n) is 3.39. The average Bonchev–Trinajstić information content (AvgIpc) is 2.56. The van der Waals surface area contributed by atoms with Gasteiger partial charge in [0.25, 0.3) is 0 Å². The number of nitrogens with zero attached hydrogens (tertiary/aromatic N) is 1. The molecule has 1 atom stereocenters. The first-order valence-corrected chi connectivity index (χ1v) is 7.51. The van der Waals surface area contributed by atoms with Crippen molar-refractivity contribution in [3.63, 3.8) is 0 Å². The van der Waals surface area contributed by atoms with Crippen LogP contribution in [0.5, 0.6) is 0 Å². The van der Waals surface area contributed by atoms with Crippen molar-refractivity contribution in [3.8, 4) is 0 Å². The minimum absolute atomic E-state index is 0. The van der Waals surface area contributed by atoms with E-state index < -0.39 is 5.60 Å². The summed E-state index contributed by atoms with van der Waals surface area (Å²) in [6.07, 6.45) is 7.60. The Hall–Kier alpha value is -1.38. The summed E-state index contributed by atoms with van der Waals surface area (Å²) in [4.78, 5) is 4.45. The summed E-state index contributed by atoms with van der Waals surface area (Å²) >= 11 is 0. The molecule has 0 radical (unpaired) electrons. The molecule has 1 heterocycles. The highest BCUT2D eigenvalue weighted by molar-refractivity contribution is 5.85. The summed E-state index contributed by atoms with van der Waals surface area (Å²) in [5, 5.41) is 11.5. The van der Waals surface area contributed by atoms with Gasteiger partial charge in [0.15, 0.2) is 0 Å². The predicted octanol–water partition coefficient (Wildman–Crippen LogP) is 4.32. The Kier molecular flexibility index (Phi) is 5.38. The van der Waals surface area contributed by atoms with Crippen LogP contribution in [-0.2, 0) is 5.60 Å². The van der Waals surface area contributed by atoms with Gasteiger partial charge in [-0.2, -0.15) is 0 Å². The van der Waals surface area contributed by atoms with Crippen molar-refractivity contribution < 1.29 is 5.11 Å². The molecule has 0 aliphatic heterocycles. The second kappa shape index (κ2) is 7.06. The molecule has 2 aromatic rings. The van der Waals surface area contributed by atoms with Crippen LogP contribution in [0.4, 0.5) is 0 Å². The highest BCUT2D eigenvalue weighted by Crippen LogP contribution is 2.42. The third-order valence-corrected chi connectivity index (χ3v) is 4.47. The van der Waals surface area contributed by atoms with Gasteiger partial charge in [-0.1, -0.05) is 55.7 Å². The Labute approximate surface area is 132 Å². The topological polar surface area (TPSA) is 33.1 Å². The summed E-state index contributed by atoms with van der Waals surface area (Å²) in [6, 6.07) is 15.8. The van der Waals surface area contributed by atoms with E-state index in [0.717, 1.165) is 24.1 Å². The number of aromatic nitrogens is 1. The standard InChI is InChI=1S/C18H21NO.ClH/c20-18(15-9-3-1-4-10-15,16-11-5-2-6-12-16)17-13-7-8-14-19-17;/h1,3-4,7-10,13-14,16,20H,2,5-6,11-12H2;1H. The van der Waals surface area contributed by atoms with E-state index in [-0.39, 0.29) is 18.3 Å². The van der Waals surface area contributed by atoms with Crippen LogP contribution in [0.2, 0.25) is 0 Å². The molecule has 1 aliphatic rings. The summed E-state index contributed by atoms with van der Waals surface area (Å²) in [7, 11) is 0. The van der Waals surface area contributed by atoms with Crippen molar-refractivity contribution in [2.75, 3.05) is 0 Å². The lowest BCUT2D eigenvalue weighted by atomic mass is 9.71. The van der Waals surface area contributed by atoms with Gasteiger partial charge in [0.2, 0.25) is 0 Å². The van der Waals surface area contributed by atoms with Crippen molar-refractivity contribution in [2.45, 2.75) is 37.7 Å². The molecule has 112 valence electrons. The maximum atomic E-state index is 11.5. The van der Waals surface area contributed by atoms with Gasteiger partial charge in [-0.25, -0.2) is 0 Å². The first-order chi connectivity index (χ1) is 9.82. The Morgan fingerprint density at radius 2 is 1.57 bits per heavy atom. The number of hydrogen-bond donors (Lipinski definition) is 1. The maximum Gasteiger partial charge on any atom is 0.134 e. The van der Waals surface area contributed by atoms with E-state index in [0.29, 0.717) is 0 Å². The molecule has 0 saturated heterocycles. The lowest BCUT2D eigenvalue weighted by Gasteiger charge is -2.38. The summed E-state index contributed by atoms with van der Waals surface area (Å²) < 4.78 is 0. The molecule has 1 fully saturated rings. The molecule has 1 aliphatic carbocycles. The highest BCUT2D eigenvalue weighted by atomic mass is 35.5. The second-order valence-corrected chi connectivity index (χ2v) is 5.68. The monoisotopic (exact) mass is 303 g/mol. The maximum absolute atomic E-state index is 11.5. The van der Waals surface area contributed by atoms with Gasteiger partial charge >= 0.3 is 0 Å². The van der Waals surface area contributed by atoms with Gasteiger partial charge in [-0.05, 0) is 36.5 Å². The van der Waals surface area contributed by atoms with Crippen LogP contribution in [0.25, 0.3) is 0 Å². The molecule has 21 heavy (non-hydrogen) atoms. The van der Waals surface area contributed by atoms with Crippen LogP contribution in [0.1, 0.15) is 43.4 Å². The molecule has 0 amide bonds. The van der Waals surface area contributed by atoms with E-state index in [1.165, 1.54) is 19.3 Å². The minimum Gasteiger partial charge on any atom is -0.378 e. The van der Waals surface area contributed by atoms with Crippen molar-refractivity contribution in [1.82, 2.24) is 4.98 Å². The summed E-state index contributed by atoms with van der Waals surface area (Å²) in [6.45, 7) is 0. The first kappa shape index (κ1) is 16.0. The number of halogens is 1. The Balaban J connectivity index is 0.00000161. The van der Waals surface area contributed by atoms with Crippen molar-refractivity contribution >= 4 is 12.4 Å². The normalized spacial score (nSPS) is 18.5. The molecule has 1 aromatic heterocycles. The number of aliphatic hydroxyl groups is 1. The molecule has 1 aromatic carbocycles.